The summed E-state index contributed by atoms with van der Waals surface area (Å²) in [5, 5.41) is 3.03. The van der Waals surface area contributed by atoms with Gasteiger partial charge in [0.05, 0.1) is 0 Å². The molecular formula is C13H18BrNO. The molecule has 0 bridgehead atoms. The average Bonchev–Trinajstić information content (AvgIpc) is 2.24. The predicted molar refractivity (Wildman–Crippen MR) is 70.7 cm³/mol. The first-order chi connectivity index (χ1) is 7.56. The first-order valence-electron chi connectivity index (χ1n) is 5.64. The molecule has 1 aromatic carbocycles. The summed E-state index contributed by atoms with van der Waals surface area (Å²) in [7, 11) is 0. The Balaban J connectivity index is 2.80. The molecule has 0 unspecified atom stereocenters. The van der Waals surface area contributed by atoms with E-state index in [1.165, 1.54) is 0 Å². The highest BCUT2D eigenvalue weighted by Crippen LogP contribution is 2.15. The van der Waals surface area contributed by atoms with E-state index in [-0.39, 0.29) is 11.9 Å². The highest BCUT2D eigenvalue weighted by molar-refractivity contribution is 9.10. The maximum atomic E-state index is 11.9. The van der Waals surface area contributed by atoms with Crippen LogP contribution in [0.5, 0.6) is 0 Å². The van der Waals surface area contributed by atoms with Crippen LogP contribution in [0.2, 0.25) is 0 Å². The molecule has 0 aliphatic heterocycles. The van der Waals surface area contributed by atoms with Crippen LogP contribution < -0.4 is 5.32 Å². The van der Waals surface area contributed by atoms with E-state index in [1.54, 1.807) is 0 Å². The molecule has 88 valence electrons. The minimum absolute atomic E-state index is 0.0121. The zero-order chi connectivity index (χ0) is 12.1. The van der Waals surface area contributed by atoms with Crippen LogP contribution in [-0.4, -0.2) is 11.9 Å². The van der Waals surface area contributed by atoms with E-state index in [4.69, 9.17) is 0 Å². The average molecular weight is 284 g/mol. The standard InChI is InChI=1S/C13H18BrNO/c1-4-12(5-2)15-13(16)10-6-9(3)7-11(14)8-10/h6-8,12H,4-5H2,1-3H3,(H,15,16). The largest absolute Gasteiger partial charge is 0.349 e. The molecule has 0 fully saturated rings. The highest BCUT2D eigenvalue weighted by Gasteiger charge is 2.11. The van der Waals surface area contributed by atoms with Gasteiger partial charge < -0.3 is 5.32 Å². The van der Waals surface area contributed by atoms with Gasteiger partial charge in [-0.1, -0.05) is 29.8 Å². The number of hydrogen-bond acceptors (Lipinski definition) is 1. The van der Waals surface area contributed by atoms with Crippen molar-refractivity contribution in [1.82, 2.24) is 5.32 Å². The van der Waals surface area contributed by atoms with Crippen LogP contribution in [-0.2, 0) is 0 Å². The molecule has 0 saturated heterocycles. The number of rotatable bonds is 4. The number of carbonyl (C=O) groups is 1. The summed E-state index contributed by atoms with van der Waals surface area (Å²) >= 11 is 3.40. The van der Waals surface area contributed by atoms with Gasteiger partial charge in [0, 0.05) is 16.1 Å². The van der Waals surface area contributed by atoms with Gasteiger partial charge in [0.25, 0.3) is 5.91 Å². The van der Waals surface area contributed by atoms with Crippen molar-refractivity contribution in [3.8, 4) is 0 Å². The second kappa shape index (κ2) is 6.04. The van der Waals surface area contributed by atoms with Crippen LogP contribution in [0, 0.1) is 6.92 Å². The van der Waals surface area contributed by atoms with E-state index in [9.17, 15) is 4.79 Å². The Kier molecular flexibility index (Phi) is 5.00. The summed E-state index contributed by atoms with van der Waals surface area (Å²) in [5.74, 6) is 0.0121. The van der Waals surface area contributed by atoms with Crippen LogP contribution in [0.4, 0.5) is 0 Å². The summed E-state index contributed by atoms with van der Waals surface area (Å²) in [6.45, 7) is 6.15. The molecular weight excluding hydrogens is 266 g/mol. The molecule has 16 heavy (non-hydrogen) atoms. The fourth-order valence-electron chi connectivity index (χ4n) is 1.63. The number of carbonyl (C=O) groups excluding carboxylic acids is 1. The number of benzene rings is 1. The highest BCUT2D eigenvalue weighted by atomic mass is 79.9. The lowest BCUT2D eigenvalue weighted by Gasteiger charge is -2.15. The molecule has 3 heteroatoms. The molecule has 0 saturated carbocycles. The molecule has 0 radical (unpaired) electrons. The molecule has 2 nitrogen and oxygen atoms in total. The van der Waals surface area contributed by atoms with Crippen molar-refractivity contribution in [1.29, 1.82) is 0 Å². The van der Waals surface area contributed by atoms with Crippen molar-refractivity contribution < 1.29 is 4.79 Å². The zero-order valence-electron chi connectivity index (χ0n) is 10.0. The van der Waals surface area contributed by atoms with Crippen LogP contribution in [0.3, 0.4) is 0 Å². The van der Waals surface area contributed by atoms with Gasteiger partial charge >= 0.3 is 0 Å². The molecule has 0 aromatic heterocycles. The normalized spacial score (nSPS) is 10.6. The third kappa shape index (κ3) is 3.63. The smallest absolute Gasteiger partial charge is 0.251 e. The van der Waals surface area contributed by atoms with Gasteiger partial charge in [-0.25, -0.2) is 0 Å². The van der Waals surface area contributed by atoms with Crippen molar-refractivity contribution >= 4 is 21.8 Å². The van der Waals surface area contributed by atoms with E-state index < -0.39 is 0 Å². The van der Waals surface area contributed by atoms with E-state index in [1.807, 2.05) is 25.1 Å². The van der Waals surface area contributed by atoms with Gasteiger partial charge in [-0.05, 0) is 43.5 Å². The minimum atomic E-state index is 0.0121. The van der Waals surface area contributed by atoms with Crippen LogP contribution in [0.15, 0.2) is 22.7 Å². The lowest BCUT2D eigenvalue weighted by molar-refractivity contribution is 0.0934. The summed E-state index contributed by atoms with van der Waals surface area (Å²) in [6, 6.07) is 6.02. The van der Waals surface area contributed by atoms with Crippen molar-refractivity contribution in [3.05, 3.63) is 33.8 Å². The third-order valence-electron chi connectivity index (χ3n) is 2.63. The first-order valence-corrected chi connectivity index (χ1v) is 6.44. The maximum absolute atomic E-state index is 11.9. The monoisotopic (exact) mass is 283 g/mol. The molecule has 0 atom stereocenters. The second-order valence-corrected chi connectivity index (χ2v) is 4.92. The quantitative estimate of drug-likeness (QED) is 0.898. The molecule has 0 aliphatic rings. The van der Waals surface area contributed by atoms with Crippen molar-refractivity contribution in [3.63, 3.8) is 0 Å². The number of hydrogen-bond donors (Lipinski definition) is 1. The molecule has 0 heterocycles. The third-order valence-corrected chi connectivity index (χ3v) is 3.08. The fourth-order valence-corrected chi connectivity index (χ4v) is 2.24. The Hall–Kier alpha value is -0.830. The molecule has 0 spiro atoms. The SMILES string of the molecule is CCC(CC)NC(=O)c1cc(C)cc(Br)c1. The lowest BCUT2D eigenvalue weighted by Crippen LogP contribution is -2.33. The number of halogens is 1. The van der Waals surface area contributed by atoms with Gasteiger partial charge in [-0.2, -0.15) is 0 Å². The van der Waals surface area contributed by atoms with Crippen molar-refractivity contribution in [2.45, 2.75) is 39.7 Å². The summed E-state index contributed by atoms with van der Waals surface area (Å²) in [4.78, 5) is 11.9. The second-order valence-electron chi connectivity index (χ2n) is 4.00. The lowest BCUT2D eigenvalue weighted by atomic mass is 10.1. The van der Waals surface area contributed by atoms with Gasteiger partial charge in [0.15, 0.2) is 0 Å². The molecule has 1 aromatic rings. The van der Waals surface area contributed by atoms with E-state index in [0.29, 0.717) is 0 Å². The zero-order valence-corrected chi connectivity index (χ0v) is 11.6. The van der Waals surface area contributed by atoms with Crippen LogP contribution in [0.25, 0.3) is 0 Å². The molecule has 1 rings (SSSR count). The predicted octanol–water partition coefficient (Wildman–Crippen LogP) is 3.68. The number of amides is 1. The molecule has 1 N–H and O–H groups in total. The Bertz CT molecular complexity index is 352. The number of aryl methyl sites for hydroxylation is 1. The van der Waals surface area contributed by atoms with Crippen molar-refractivity contribution in [2.24, 2.45) is 0 Å². The van der Waals surface area contributed by atoms with Gasteiger partial charge in [-0.3, -0.25) is 4.79 Å². The Morgan fingerprint density at radius 1 is 1.31 bits per heavy atom. The molecule has 1 amide bonds. The summed E-state index contributed by atoms with van der Waals surface area (Å²) < 4.78 is 0.946. The Morgan fingerprint density at radius 2 is 1.94 bits per heavy atom. The Labute approximate surface area is 106 Å². The van der Waals surface area contributed by atoms with Crippen LogP contribution in [0.1, 0.15) is 42.6 Å². The summed E-state index contributed by atoms with van der Waals surface area (Å²) in [6.07, 6.45) is 1.93. The van der Waals surface area contributed by atoms with Crippen molar-refractivity contribution in [2.75, 3.05) is 0 Å². The first kappa shape index (κ1) is 13.2. The van der Waals surface area contributed by atoms with Crippen LogP contribution >= 0.6 is 15.9 Å². The maximum Gasteiger partial charge on any atom is 0.251 e. The van der Waals surface area contributed by atoms with E-state index >= 15 is 0 Å². The molecule has 0 aliphatic carbocycles. The van der Waals surface area contributed by atoms with Gasteiger partial charge in [-0.15, -0.1) is 0 Å². The number of nitrogens with one attached hydrogen (secondary N) is 1. The topological polar surface area (TPSA) is 29.1 Å². The summed E-state index contributed by atoms with van der Waals surface area (Å²) in [5.41, 5.74) is 1.81. The van der Waals surface area contributed by atoms with Gasteiger partial charge in [0.1, 0.15) is 0 Å². The fraction of sp³-hybridized carbons (Fsp3) is 0.462. The van der Waals surface area contributed by atoms with Gasteiger partial charge in [0.2, 0.25) is 0 Å². The Morgan fingerprint density at radius 3 is 2.44 bits per heavy atom. The van der Waals surface area contributed by atoms with E-state index in [0.717, 1.165) is 28.4 Å². The van der Waals surface area contributed by atoms with E-state index in [2.05, 4.69) is 35.1 Å². The minimum Gasteiger partial charge on any atom is -0.349 e.